The van der Waals surface area contributed by atoms with E-state index >= 15 is 0 Å². The van der Waals surface area contributed by atoms with Gasteiger partial charge in [-0.3, -0.25) is 0 Å². The first-order valence-electron chi connectivity index (χ1n) is 8.54. The SMILES string of the molecule is Cc1nn(-c2ccc(F)cc2)c2cc(N[C@@H](C)c3ccccc3)ncc12. The van der Waals surface area contributed by atoms with Gasteiger partial charge in [-0.1, -0.05) is 30.3 Å². The summed E-state index contributed by atoms with van der Waals surface area (Å²) >= 11 is 0. The fraction of sp³-hybridized carbons (Fsp3) is 0.143. The zero-order valence-electron chi connectivity index (χ0n) is 14.6. The summed E-state index contributed by atoms with van der Waals surface area (Å²) in [5, 5.41) is 9.01. The minimum absolute atomic E-state index is 0.129. The summed E-state index contributed by atoms with van der Waals surface area (Å²) in [6, 6.07) is 18.7. The lowest BCUT2D eigenvalue weighted by Crippen LogP contribution is -2.07. The van der Waals surface area contributed by atoms with Crippen LogP contribution in [0.2, 0.25) is 0 Å². The lowest BCUT2D eigenvalue weighted by molar-refractivity contribution is 0.627. The molecule has 0 aliphatic rings. The van der Waals surface area contributed by atoms with Crippen LogP contribution in [0.4, 0.5) is 10.2 Å². The molecule has 130 valence electrons. The molecular weight excluding hydrogens is 327 g/mol. The predicted molar refractivity (Wildman–Crippen MR) is 102 cm³/mol. The van der Waals surface area contributed by atoms with E-state index in [-0.39, 0.29) is 11.9 Å². The van der Waals surface area contributed by atoms with Gasteiger partial charge in [0.15, 0.2) is 0 Å². The van der Waals surface area contributed by atoms with Crippen LogP contribution in [0.25, 0.3) is 16.6 Å². The van der Waals surface area contributed by atoms with E-state index in [4.69, 9.17) is 0 Å². The van der Waals surface area contributed by atoms with E-state index in [1.165, 1.54) is 17.7 Å². The molecule has 0 amide bonds. The van der Waals surface area contributed by atoms with Gasteiger partial charge < -0.3 is 5.32 Å². The lowest BCUT2D eigenvalue weighted by atomic mass is 10.1. The van der Waals surface area contributed by atoms with E-state index in [9.17, 15) is 4.39 Å². The molecule has 2 heterocycles. The first kappa shape index (κ1) is 16.3. The highest BCUT2D eigenvalue weighted by atomic mass is 19.1. The molecule has 0 saturated carbocycles. The Hall–Kier alpha value is -3.21. The molecule has 4 aromatic rings. The second kappa shape index (κ2) is 6.59. The molecule has 4 nitrogen and oxygen atoms in total. The van der Waals surface area contributed by atoms with Crippen molar-refractivity contribution in [3.8, 4) is 5.69 Å². The molecular formula is C21H19FN4. The van der Waals surface area contributed by atoms with Crippen LogP contribution in [0.3, 0.4) is 0 Å². The van der Waals surface area contributed by atoms with Gasteiger partial charge in [0.05, 0.1) is 16.9 Å². The van der Waals surface area contributed by atoms with Crippen molar-refractivity contribution in [1.29, 1.82) is 0 Å². The van der Waals surface area contributed by atoms with Crippen LogP contribution < -0.4 is 5.32 Å². The number of anilines is 1. The average molecular weight is 346 g/mol. The quantitative estimate of drug-likeness (QED) is 0.563. The van der Waals surface area contributed by atoms with E-state index in [1.54, 1.807) is 12.1 Å². The summed E-state index contributed by atoms with van der Waals surface area (Å²) in [6.07, 6.45) is 1.83. The molecule has 0 aliphatic carbocycles. The van der Waals surface area contributed by atoms with Crippen molar-refractivity contribution in [2.75, 3.05) is 5.32 Å². The molecule has 1 N–H and O–H groups in total. The fourth-order valence-corrected chi connectivity index (χ4v) is 3.06. The summed E-state index contributed by atoms with van der Waals surface area (Å²) < 4.78 is 15.1. The summed E-state index contributed by atoms with van der Waals surface area (Å²) in [4.78, 5) is 4.53. The van der Waals surface area contributed by atoms with Crippen LogP contribution in [0, 0.1) is 12.7 Å². The Kier molecular flexibility index (Phi) is 4.13. The monoisotopic (exact) mass is 346 g/mol. The second-order valence-corrected chi connectivity index (χ2v) is 6.34. The molecule has 26 heavy (non-hydrogen) atoms. The zero-order chi connectivity index (χ0) is 18.1. The summed E-state index contributed by atoms with van der Waals surface area (Å²) in [7, 11) is 0. The Morgan fingerprint density at radius 3 is 2.50 bits per heavy atom. The maximum absolute atomic E-state index is 13.2. The van der Waals surface area contributed by atoms with E-state index in [0.29, 0.717) is 0 Å². The molecule has 0 aliphatic heterocycles. The molecule has 1 atom stereocenters. The number of hydrogen-bond acceptors (Lipinski definition) is 3. The number of nitrogens with zero attached hydrogens (tertiary/aromatic N) is 3. The first-order chi connectivity index (χ1) is 12.6. The van der Waals surface area contributed by atoms with Crippen LogP contribution >= 0.6 is 0 Å². The number of rotatable bonds is 4. The highest BCUT2D eigenvalue weighted by Gasteiger charge is 2.12. The van der Waals surface area contributed by atoms with Crippen LogP contribution in [-0.2, 0) is 0 Å². The lowest BCUT2D eigenvalue weighted by Gasteiger charge is -2.15. The number of nitrogens with one attached hydrogen (secondary N) is 1. The maximum Gasteiger partial charge on any atom is 0.128 e. The Bertz CT molecular complexity index is 1040. The summed E-state index contributed by atoms with van der Waals surface area (Å²) in [6.45, 7) is 4.05. The van der Waals surface area contributed by atoms with Crippen molar-refractivity contribution in [1.82, 2.24) is 14.8 Å². The third kappa shape index (κ3) is 3.04. The Balaban J connectivity index is 1.72. The predicted octanol–water partition coefficient (Wildman–Crippen LogP) is 5.04. The van der Waals surface area contributed by atoms with E-state index < -0.39 is 0 Å². The third-order valence-corrected chi connectivity index (χ3v) is 4.49. The molecule has 0 spiro atoms. The van der Waals surface area contributed by atoms with Gasteiger partial charge >= 0.3 is 0 Å². The summed E-state index contributed by atoms with van der Waals surface area (Å²) in [5.74, 6) is 0.514. The molecule has 0 bridgehead atoms. The van der Waals surface area contributed by atoms with Gasteiger partial charge in [-0.15, -0.1) is 0 Å². The topological polar surface area (TPSA) is 42.7 Å². The number of halogens is 1. The smallest absolute Gasteiger partial charge is 0.128 e. The molecule has 2 aromatic carbocycles. The van der Waals surface area contributed by atoms with Gasteiger partial charge in [-0.2, -0.15) is 5.10 Å². The largest absolute Gasteiger partial charge is 0.363 e. The van der Waals surface area contributed by atoms with Gasteiger partial charge in [-0.05, 0) is 43.7 Å². The van der Waals surface area contributed by atoms with Crippen molar-refractivity contribution in [2.45, 2.75) is 19.9 Å². The number of hydrogen-bond donors (Lipinski definition) is 1. The number of benzene rings is 2. The van der Waals surface area contributed by atoms with Crippen molar-refractivity contribution >= 4 is 16.7 Å². The molecule has 2 aromatic heterocycles. The van der Waals surface area contributed by atoms with Gasteiger partial charge in [0.2, 0.25) is 0 Å². The van der Waals surface area contributed by atoms with Crippen molar-refractivity contribution < 1.29 is 4.39 Å². The fourth-order valence-electron chi connectivity index (χ4n) is 3.06. The Morgan fingerprint density at radius 1 is 1.04 bits per heavy atom. The maximum atomic E-state index is 13.2. The highest BCUT2D eigenvalue weighted by molar-refractivity contribution is 5.84. The van der Waals surface area contributed by atoms with E-state index in [1.807, 2.05) is 42.1 Å². The van der Waals surface area contributed by atoms with Gasteiger partial charge in [0.1, 0.15) is 11.6 Å². The van der Waals surface area contributed by atoms with Crippen LogP contribution in [0.5, 0.6) is 0 Å². The summed E-state index contributed by atoms with van der Waals surface area (Å²) in [5.41, 5.74) is 3.83. The van der Waals surface area contributed by atoms with Gasteiger partial charge in [-0.25, -0.2) is 14.1 Å². The van der Waals surface area contributed by atoms with Gasteiger partial charge in [0, 0.05) is 23.7 Å². The van der Waals surface area contributed by atoms with E-state index in [0.717, 1.165) is 28.1 Å². The Morgan fingerprint density at radius 2 is 1.77 bits per heavy atom. The molecule has 0 unspecified atom stereocenters. The third-order valence-electron chi connectivity index (χ3n) is 4.49. The van der Waals surface area contributed by atoms with Crippen LogP contribution in [0.15, 0.2) is 66.9 Å². The average Bonchev–Trinajstić information content (AvgIpc) is 2.99. The van der Waals surface area contributed by atoms with Crippen molar-refractivity contribution in [3.05, 3.63) is 83.9 Å². The standard InChI is InChI=1S/C21H19FN4/c1-14(16-6-4-3-5-7-16)24-21-12-20-19(13-23-21)15(2)25-26(20)18-10-8-17(22)9-11-18/h3-14H,1-2H3,(H,23,24)/t14-/m0/s1. The number of aromatic nitrogens is 3. The normalized spacial score (nSPS) is 12.3. The number of pyridine rings is 1. The minimum Gasteiger partial charge on any atom is -0.363 e. The molecule has 4 rings (SSSR count). The molecule has 0 saturated heterocycles. The second-order valence-electron chi connectivity index (χ2n) is 6.34. The molecule has 0 fully saturated rings. The van der Waals surface area contributed by atoms with Gasteiger partial charge in [0.25, 0.3) is 0 Å². The highest BCUT2D eigenvalue weighted by Crippen LogP contribution is 2.25. The van der Waals surface area contributed by atoms with Crippen LogP contribution in [0.1, 0.15) is 24.2 Å². The molecule has 5 heteroatoms. The van der Waals surface area contributed by atoms with Crippen molar-refractivity contribution in [2.24, 2.45) is 0 Å². The number of aryl methyl sites for hydroxylation is 1. The van der Waals surface area contributed by atoms with Crippen molar-refractivity contribution in [3.63, 3.8) is 0 Å². The van der Waals surface area contributed by atoms with Crippen LogP contribution in [-0.4, -0.2) is 14.8 Å². The zero-order valence-corrected chi connectivity index (χ0v) is 14.6. The molecule has 0 radical (unpaired) electrons. The minimum atomic E-state index is -0.261. The Labute approximate surface area is 151 Å². The van der Waals surface area contributed by atoms with E-state index in [2.05, 4.69) is 34.5 Å². The number of fused-ring (bicyclic) bond motifs is 1. The first-order valence-corrected chi connectivity index (χ1v) is 8.54.